The van der Waals surface area contributed by atoms with Gasteiger partial charge in [-0.15, -0.1) is 0 Å². The number of benzene rings is 1. The Morgan fingerprint density at radius 1 is 1.44 bits per heavy atom. The number of hydrazine groups is 1. The largest absolute Gasteiger partial charge is 0.379 e. The third kappa shape index (κ3) is 3.49. The first-order valence-electron chi connectivity index (χ1n) is 5.94. The minimum Gasteiger partial charge on any atom is -0.379 e. The molecule has 1 aliphatic rings. The van der Waals surface area contributed by atoms with E-state index in [0.717, 1.165) is 17.6 Å². The van der Waals surface area contributed by atoms with Crippen molar-refractivity contribution in [3.8, 4) is 0 Å². The molecule has 1 saturated heterocycles. The summed E-state index contributed by atoms with van der Waals surface area (Å²) in [6.07, 6.45) is 0. The van der Waals surface area contributed by atoms with Crippen LogP contribution in [0, 0.1) is 5.82 Å². The highest BCUT2D eigenvalue weighted by atomic mass is 79.9. The lowest BCUT2D eigenvalue weighted by molar-refractivity contribution is 0.00378. The molecule has 1 aliphatic heterocycles. The van der Waals surface area contributed by atoms with Gasteiger partial charge in [0.1, 0.15) is 5.82 Å². The van der Waals surface area contributed by atoms with E-state index in [-0.39, 0.29) is 11.9 Å². The summed E-state index contributed by atoms with van der Waals surface area (Å²) < 4.78 is 19.9. The van der Waals surface area contributed by atoms with Crippen LogP contribution in [0.2, 0.25) is 0 Å². The molecule has 1 aromatic carbocycles. The van der Waals surface area contributed by atoms with E-state index in [1.807, 2.05) is 5.01 Å². The topological polar surface area (TPSA) is 50.5 Å². The number of rotatable bonds is 4. The number of hydrogen-bond acceptors (Lipinski definition) is 4. The van der Waals surface area contributed by atoms with Crippen molar-refractivity contribution in [1.82, 2.24) is 10.4 Å². The Kier molecular flexibility index (Phi) is 5.08. The van der Waals surface area contributed by atoms with Crippen LogP contribution < -0.4 is 11.2 Å². The maximum absolute atomic E-state index is 13.8. The molecule has 18 heavy (non-hydrogen) atoms. The number of hydrogen-bond donors (Lipinski definition) is 2. The van der Waals surface area contributed by atoms with Gasteiger partial charge < -0.3 is 10.5 Å². The molecule has 1 unspecified atom stereocenters. The minimum atomic E-state index is -0.241. The highest BCUT2D eigenvalue weighted by Crippen LogP contribution is 2.21. The molecule has 1 fully saturated rings. The van der Waals surface area contributed by atoms with Gasteiger partial charge in [0, 0.05) is 29.7 Å². The third-order valence-electron chi connectivity index (χ3n) is 2.92. The van der Waals surface area contributed by atoms with E-state index < -0.39 is 0 Å². The Balaban J connectivity index is 2.09. The van der Waals surface area contributed by atoms with Crippen molar-refractivity contribution in [3.05, 3.63) is 34.1 Å². The van der Waals surface area contributed by atoms with Gasteiger partial charge in [-0.2, -0.15) is 0 Å². The average molecular weight is 318 g/mol. The van der Waals surface area contributed by atoms with Gasteiger partial charge in [0.05, 0.1) is 19.3 Å². The van der Waals surface area contributed by atoms with Crippen LogP contribution in [0.5, 0.6) is 0 Å². The molecule has 6 heteroatoms. The molecule has 0 spiro atoms. The Morgan fingerprint density at radius 3 is 2.83 bits per heavy atom. The Labute approximate surface area is 114 Å². The van der Waals surface area contributed by atoms with Gasteiger partial charge in [0.25, 0.3) is 0 Å². The van der Waals surface area contributed by atoms with E-state index in [0.29, 0.717) is 25.3 Å². The first-order valence-corrected chi connectivity index (χ1v) is 6.74. The molecule has 0 aromatic heterocycles. The van der Waals surface area contributed by atoms with Crippen molar-refractivity contribution < 1.29 is 9.13 Å². The zero-order valence-corrected chi connectivity index (χ0v) is 11.6. The van der Waals surface area contributed by atoms with E-state index in [2.05, 4.69) is 21.4 Å². The summed E-state index contributed by atoms with van der Waals surface area (Å²) >= 11 is 3.35. The second-order valence-corrected chi connectivity index (χ2v) is 5.10. The van der Waals surface area contributed by atoms with Crippen LogP contribution in [0.1, 0.15) is 11.6 Å². The zero-order chi connectivity index (χ0) is 13.0. The molecule has 3 N–H and O–H groups in total. The van der Waals surface area contributed by atoms with Crippen LogP contribution in [0.25, 0.3) is 0 Å². The molecule has 4 nitrogen and oxygen atoms in total. The van der Waals surface area contributed by atoms with Crippen LogP contribution in [0.15, 0.2) is 22.7 Å². The van der Waals surface area contributed by atoms with Gasteiger partial charge in [0.15, 0.2) is 0 Å². The fourth-order valence-electron chi connectivity index (χ4n) is 1.94. The van der Waals surface area contributed by atoms with Crippen LogP contribution in [0.3, 0.4) is 0 Å². The predicted molar refractivity (Wildman–Crippen MR) is 71.4 cm³/mol. The van der Waals surface area contributed by atoms with Crippen molar-refractivity contribution in [2.75, 3.05) is 32.8 Å². The quantitative estimate of drug-likeness (QED) is 0.882. The van der Waals surface area contributed by atoms with Gasteiger partial charge in [-0.1, -0.05) is 15.9 Å². The van der Waals surface area contributed by atoms with E-state index >= 15 is 0 Å². The van der Waals surface area contributed by atoms with E-state index in [4.69, 9.17) is 10.5 Å². The molecule has 2 rings (SSSR count). The molecule has 1 heterocycles. The molecular weight excluding hydrogens is 301 g/mol. The summed E-state index contributed by atoms with van der Waals surface area (Å²) in [5, 5.41) is 2.03. The van der Waals surface area contributed by atoms with Crippen LogP contribution in [0.4, 0.5) is 4.39 Å². The second kappa shape index (κ2) is 6.58. The van der Waals surface area contributed by atoms with E-state index in [9.17, 15) is 4.39 Å². The van der Waals surface area contributed by atoms with E-state index in [1.165, 1.54) is 6.07 Å². The number of ether oxygens (including phenoxy) is 1. The Hall–Kier alpha value is -0.530. The fraction of sp³-hybridized carbons (Fsp3) is 0.500. The van der Waals surface area contributed by atoms with Gasteiger partial charge in [-0.3, -0.25) is 0 Å². The second-order valence-electron chi connectivity index (χ2n) is 4.18. The van der Waals surface area contributed by atoms with Crippen molar-refractivity contribution in [1.29, 1.82) is 0 Å². The number of morpholine rings is 1. The Morgan fingerprint density at radius 2 is 2.17 bits per heavy atom. The van der Waals surface area contributed by atoms with Crippen LogP contribution in [-0.2, 0) is 4.74 Å². The molecule has 100 valence electrons. The lowest BCUT2D eigenvalue weighted by Crippen LogP contribution is -2.48. The minimum absolute atomic E-state index is 0.222. The maximum Gasteiger partial charge on any atom is 0.128 e. The molecule has 0 amide bonds. The average Bonchev–Trinajstić information content (AvgIpc) is 2.40. The third-order valence-corrected chi connectivity index (χ3v) is 3.41. The summed E-state index contributed by atoms with van der Waals surface area (Å²) in [6, 6.07) is 4.67. The lowest BCUT2D eigenvalue weighted by Gasteiger charge is -2.31. The number of nitrogens with two attached hydrogens (primary N) is 1. The van der Waals surface area contributed by atoms with Gasteiger partial charge in [-0.25, -0.2) is 14.8 Å². The zero-order valence-electron chi connectivity index (χ0n) is 10.0. The van der Waals surface area contributed by atoms with Gasteiger partial charge in [0.2, 0.25) is 0 Å². The normalized spacial score (nSPS) is 18.8. The highest BCUT2D eigenvalue weighted by molar-refractivity contribution is 9.10. The first kappa shape index (κ1) is 13.9. The van der Waals surface area contributed by atoms with Gasteiger partial charge in [-0.05, 0) is 18.2 Å². The SMILES string of the molecule is NCC(NN1CCOCC1)c1cc(Br)ccc1F. The molecule has 1 aromatic rings. The maximum atomic E-state index is 13.8. The molecule has 1 atom stereocenters. The molecule has 0 bridgehead atoms. The highest BCUT2D eigenvalue weighted by Gasteiger charge is 2.19. The fourth-order valence-corrected chi connectivity index (χ4v) is 2.32. The summed E-state index contributed by atoms with van der Waals surface area (Å²) in [6.45, 7) is 3.28. The number of halogens is 2. The molecule has 0 radical (unpaired) electrons. The predicted octanol–water partition coefficient (Wildman–Crippen LogP) is 1.42. The standard InChI is InChI=1S/C12H17BrFN3O/c13-9-1-2-11(14)10(7-9)12(8-15)16-17-3-5-18-6-4-17/h1-2,7,12,16H,3-6,8,15H2. The number of nitrogens with zero attached hydrogens (tertiary/aromatic N) is 1. The summed E-state index contributed by atoms with van der Waals surface area (Å²) in [7, 11) is 0. The smallest absolute Gasteiger partial charge is 0.128 e. The molecule has 0 aliphatic carbocycles. The summed E-state index contributed by atoms with van der Waals surface area (Å²) in [5.41, 5.74) is 9.58. The lowest BCUT2D eigenvalue weighted by atomic mass is 10.1. The number of nitrogens with one attached hydrogen (secondary N) is 1. The monoisotopic (exact) mass is 317 g/mol. The first-order chi connectivity index (χ1) is 8.70. The summed E-state index contributed by atoms with van der Waals surface area (Å²) in [5.74, 6) is -0.241. The van der Waals surface area contributed by atoms with Crippen molar-refractivity contribution >= 4 is 15.9 Å². The summed E-state index contributed by atoms with van der Waals surface area (Å²) in [4.78, 5) is 0. The van der Waals surface area contributed by atoms with Crippen molar-refractivity contribution in [3.63, 3.8) is 0 Å². The molecule has 0 saturated carbocycles. The van der Waals surface area contributed by atoms with Crippen LogP contribution in [-0.4, -0.2) is 37.9 Å². The van der Waals surface area contributed by atoms with Crippen LogP contribution >= 0.6 is 15.9 Å². The van der Waals surface area contributed by atoms with Crippen molar-refractivity contribution in [2.24, 2.45) is 5.73 Å². The Bertz CT molecular complexity index is 399. The van der Waals surface area contributed by atoms with Gasteiger partial charge >= 0.3 is 0 Å². The van der Waals surface area contributed by atoms with E-state index in [1.54, 1.807) is 12.1 Å². The molecular formula is C12H17BrFN3O. The van der Waals surface area contributed by atoms with Crippen molar-refractivity contribution in [2.45, 2.75) is 6.04 Å².